The van der Waals surface area contributed by atoms with Crippen molar-refractivity contribution in [2.45, 2.75) is 118 Å². The molecule has 0 radical (unpaired) electrons. The number of carbonyl (C=O) groups is 1. The van der Waals surface area contributed by atoms with E-state index in [-0.39, 0.29) is 33.7 Å². The number of hydrogen-bond donors (Lipinski definition) is 3. The van der Waals surface area contributed by atoms with Crippen molar-refractivity contribution in [1.82, 2.24) is 0 Å². The van der Waals surface area contributed by atoms with Crippen LogP contribution in [-0.2, 0) is 4.79 Å². The molecule has 4 rings (SSSR count). The van der Waals surface area contributed by atoms with Gasteiger partial charge in [0.15, 0.2) is 0 Å². The lowest BCUT2D eigenvalue weighted by Gasteiger charge is -2.62. The van der Waals surface area contributed by atoms with Gasteiger partial charge in [0, 0.05) is 5.57 Å². The molecule has 0 aromatic rings. The lowest BCUT2D eigenvalue weighted by atomic mass is 9.43. The SMILES string of the molecule is C/C(=C\CC(O)[C@@H](C)[C@H]1CC[C@@]2(C)C3=C(CC[C@]12C)[C@@]1(C)CC[C@H](O)C(C)(C)C1CC3)C(=O)O. The largest absolute Gasteiger partial charge is 0.478 e. The topological polar surface area (TPSA) is 77.8 Å². The van der Waals surface area contributed by atoms with Gasteiger partial charge in [-0.25, -0.2) is 4.79 Å². The van der Waals surface area contributed by atoms with Gasteiger partial charge in [-0.05, 0) is 104 Å². The van der Waals surface area contributed by atoms with Gasteiger partial charge in [0.2, 0.25) is 0 Å². The van der Waals surface area contributed by atoms with Crippen LogP contribution in [-0.4, -0.2) is 33.5 Å². The quantitative estimate of drug-likeness (QED) is 0.315. The molecule has 0 aromatic carbocycles. The standard InChI is InChI=1S/C30H48O4/c1-18(26(33)34)8-10-23(31)19(2)20-12-16-30(7)22-9-11-24-27(3,4)25(32)14-15-28(24,5)21(22)13-17-29(20,30)6/h8,19-20,23-25,31-32H,9-17H2,1-7H3,(H,33,34)/b18-8+/t19-,20+,23?,24?,25-,28+,29+,30-/m0/s1. The van der Waals surface area contributed by atoms with Crippen LogP contribution < -0.4 is 0 Å². The van der Waals surface area contributed by atoms with Gasteiger partial charge in [-0.3, -0.25) is 0 Å². The lowest BCUT2D eigenvalue weighted by Crippen LogP contribution is -2.55. The van der Waals surface area contributed by atoms with Crippen LogP contribution in [0.1, 0.15) is 106 Å². The number of rotatable bonds is 5. The van der Waals surface area contributed by atoms with Crippen molar-refractivity contribution in [2.75, 3.05) is 0 Å². The number of fused-ring (bicyclic) bond motifs is 4. The molecule has 8 atom stereocenters. The molecular formula is C30H48O4. The van der Waals surface area contributed by atoms with Crippen molar-refractivity contribution in [3.05, 3.63) is 22.8 Å². The molecule has 0 aliphatic heterocycles. The molecule has 2 unspecified atom stereocenters. The molecule has 192 valence electrons. The van der Waals surface area contributed by atoms with Crippen molar-refractivity contribution in [2.24, 2.45) is 39.4 Å². The second-order valence-corrected chi connectivity index (χ2v) is 13.6. The van der Waals surface area contributed by atoms with Crippen LogP contribution in [0.15, 0.2) is 22.8 Å². The second-order valence-electron chi connectivity index (χ2n) is 13.6. The summed E-state index contributed by atoms with van der Waals surface area (Å²) in [4.78, 5) is 11.2. The van der Waals surface area contributed by atoms with Crippen LogP contribution in [0.2, 0.25) is 0 Å². The third kappa shape index (κ3) is 3.57. The van der Waals surface area contributed by atoms with E-state index in [0.717, 1.165) is 32.1 Å². The van der Waals surface area contributed by atoms with Gasteiger partial charge in [-0.1, -0.05) is 58.8 Å². The molecule has 0 spiro atoms. The summed E-state index contributed by atoms with van der Waals surface area (Å²) in [6.45, 7) is 15.9. The zero-order valence-corrected chi connectivity index (χ0v) is 22.6. The van der Waals surface area contributed by atoms with E-state index < -0.39 is 12.1 Å². The molecule has 4 aliphatic carbocycles. The molecule has 4 heteroatoms. The van der Waals surface area contributed by atoms with Crippen molar-refractivity contribution in [3.8, 4) is 0 Å². The van der Waals surface area contributed by atoms with Gasteiger partial charge in [0.1, 0.15) is 0 Å². The Balaban J connectivity index is 1.63. The Morgan fingerprint density at radius 3 is 2.35 bits per heavy atom. The first-order valence-electron chi connectivity index (χ1n) is 13.7. The highest BCUT2D eigenvalue weighted by Gasteiger charge is 2.63. The van der Waals surface area contributed by atoms with Crippen LogP contribution in [0.4, 0.5) is 0 Å². The fraction of sp³-hybridized carbons (Fsp3) is 0.833. The number of hydrogen-bond acceptors (Lipinski definition) is 3. The van der Waals surface area contributed by atoms with Crippen LogP contribution in [0, 0.1) is 39.4 Å². The summed E-state index contributed by atoms with van der Waals surface area (Å²) < 4.78 is 0. The summed E-state index contributed by atoms with van der Waals surface area (Å²) in [5, 5.41) is 31.0. The van der Waals surface area contributed by atoms with Crippen molar-refractivity contribution in [3.63, 3.8) is 0 Å². The first kappa shape index (κ1) is 25.9. The molecule has 3 N–H and O–H groups in total. The van der Waals surface area contributed by atoms with Gasteiger partial charge in [-0.15, -0.1) is 0 Å². The molecule has 0 saturated heterocycles. The third-order valence-corrected chi connectivity index (χ3v) is 12.0. The minimum Gasteiger partial charge on any atom is -0.478 e. The zero-order chi connectivity index (χ0) is 25.3. The van der Waals surface area contributed by atoms with E-state index in [0.29, 0.717) is 23.8 Å². The van der Waals surface area contributed by atoms with E-state index in [9.17, 15) is 15.0 Å². The highest BCUT2D eigenvalue weighted by atomic mass is 16.4. The predicted octanol–water partition coefficient (Wildman–Crippen LogP) is 6.51. The van der Waals surface area contributed by atoms with Crippen LogP contribution in [0.3, 0.4) is 0 Å². The van der Waals surface area contributed by atoms with E-state index in [4.69, 9.17) is 5.11 Å². The minimum atomic E-state index is -0.908. The second kappa shape index (κ2) is 8.47. The molecule has 0 heterocycles. The molecule has 4 aliphatic rings. The average molecular weight is 473 g/mol. The molecule has 2 fully saturated rings. The maximum Gasteiger partial charge on any atom is 0.330 e. The highest BCUT2D eigenvalue weighted by molar-refractivity contribution is 5.85. The fourth-order valence-electron chi connectivity index (χ4n) is 9.43. The Labute approximate surface area is 206 Å². The Morgan fingerprint density at radius 1 is 1.03 bits per heavy atom. The summed E-state index contributed by atoms with van der Waals surface area (Å²) >= 11 is 0. The van der Waals surface area contributed by atoms with Gasteiger partial charge in [0.05, 0.1) is 12.2 Å². The number of allylic oxidation sites excluding steroid dienone is 2. The Morgan fingerprint density at radius 2 is 1.71 bits per heavy atom. The van der Waals surface area contributed by atoms with E-state index in [1.54, 1.807) is 24.1 Å². The molecule has 34 heavy (non-hydrogen) atoms. The predicted molar refractivity (Wildman–Crippen MR) is 136 cm³/mol. The number of aliphatic hydroxyl groups is 2. The molecule has 0 aromatic heterocycles. The Bertz CT molecular complexity index is 899. The first-order chi connectivity index (χ1) is 15.7. The average Bonchev–Trinajstić information content (AvgIpc) is 3.05. The number of aliphatic carboxylic acids is 1. The van der Waals surface area contributed by atoms with Crippen molar-refractivity contribution < 1.29 is 20.1 Å². The van der Waals surface area contributed by atoms with E-state index >= 15 is 0 Å². The van der Waals surface area contributed by atoms with Gasteiger partial charge in [-0.2, -0.15) is 0 Å². The number of carboxylic acids is 1. The summed E-state index contributed by atoms with van der Waals surface area (Å²) in [5.74, 6) is 0.213. The van der Waals surface area contributed by atoms with Crippen LogP contribution in [0.5, 0.6) is 0 Å². The molecule has 2 saturated carbocycles. The van der Waals surface area contributed by atoms with Gasteiger partial charge in [0.25, 0.3) is 0 Å². The van der Waals surface area contributed by atoms with Crippen LogP contribution in [0.25, 0.3) is 0 Å². The minimum absolute atomic E-state index is 0.0361. The van der Waals surface area contributed by atoms with Gasteiger partial charge >= 0.3 is 5.97 Å². The fourth-order valence-corrected chi connectivity index (χ4v) is 9.43. The molecule has 0 amide bonds. The third-order valence-electron chi connectivity index (χ3n) is 12.0. The van der Waals surface area contributed by atoms with Crippen molar-refractivity contribution in [1.29, 1.82) is 0 Å². The Kier molecular flexibility index (Phi) is 6.47. The van der Waals surface area contributed by atoms with E-state index in [2.05, 4.69) is 41.5 Å². The number of aliphatic hydroxyl groups excluding tert-OH is 2. The van der Waals surface area contributed by atoms with E-state index in [1.807, 2.05) is 0 Å². The summed E-state index contributed by atoms with van der Waals surface area (Å²) in [5.41, 5.74) is 4.24. The summed E-state index contributed by atoms with van der Waals surface area (Å²) in [6, 6.07) is 0. The maximum atomic E-state index is 11.2. The zero-order valence-electron chi connectivity index (χ0n) is 22.6. The normalized spacial score (nSPS) is 43.6. The van der Waals surface area contributed by atoms with E-state index in [1.165, 1.54) is 19.3 Å². The maximum absolute atomic E-state index is 11.2. The molecule has 0 bridgehead atoms. The summed E-state index contributed by atoms with van der Waals surface area (Å²) in [7, 11) is 0. The van der Waals surface area contributed by atoms with Gasteiger partial charge < -0.3 is 15.3 Å². The highest BCUT2D eigenvalue weighted by Crippen LogP contribution is 2.72. The smallest absolute Gasteiger partial charge is 0.330 e. The monoisotopic (exact) mass is 472 g/mol. The lowest BCUT2D eigenvalue weighted by molar-refractivity contribution is -0.132. The van der Waals surface area contributed by atoms with Crippen LogP contribution >= 0.6 is 0 Å². The summed E-state index contributed by atoms with van der Waals surface area (Å²) in [6.07, 6.45) is 10.3. The molecule has 4 nitrogen and oxygen atoms in total. The van der Waals surface area contributed by atoms with Crippen molar-refractivity contribution >= 4 is 5.97 Å². The molecular weight excluding hydrogens is 424 g/mol. The Hall–Kier alpha value is -1.13. The first-order valence-corrected chi connectivity index (χ1v) is 13.7. The number of carboxylic acid groups (broad SMARTS) is 1.